The quantitative estimate of drug-likeness (QED) is 0.690. The molecular formula is C15H15F2N5O2S2. The normalized spacial score (nSPS) is 11.3. The van der Waals surface area contributed by atoms with Gasteiger partial charge in [0.15, 0.2) is 11.0 Å². The number of nitrogens with zero attached hydrogens (tertiary/aromatic N) is 4. The molecule has 0 aromatic carbocycles. The Kier molecular flexibility index (Phi) is 5.28. The third-order valence-electron chi connectivity index (χ3n) is 3.66. The van der Waals surface area contributed by atoms with Crippen molar-refractivity contribution in [3.63, 3.8) is 0 Å². The Bertz CT molecular complexity index is 988. The standard InChI is InChI=1S/C15H15F2N5O2S2/c1-8-7-25-15(24)21(8)5-3-10(23)20-14-19-9(2)11(26-14)12-18-4-6-22(12)13(16)17/h4,6-7,13H,3,5H2,1-2H3,(H,19,20,23). The van der Waals surface area contributed by atoms with E-state index in [1.54, 1.807) is 19.2 Å². The van der Waals surface area contributed by atoms with E-state index in [0.29, 0.717) is 15.7 Å². The summed E-state index contributed by atoms with van der Waals surface area (Å²) in [4.78, 5) is 32.3. The van der Waals surface area contributed by atoms with Gasteiger partial charge in [0.25, 0.3) is 0 Å². The maximum atomic E-state index is 13.0. The largest absolute Gasteiger partial charge is 0.320 e. The van der Waals surface area contributed by atoms with Crippen LogP contribution < -0.4 is 10.2 Å². The van der Waals surface area contributed by atoms with Crippen LogP contribution >= 0.6 is 22.7 Å². The fourth-order valence-electron chi connectivity index (χ4n) is 2.37. The highest BCUT2D eigenvalue weighted by Crippen LogP contribution is 2.33. The van der Waals surface area contributed by atoms with E-state index in [1.807, 2.05) is 0 Å². The van der Waals surface area contributed by atoms with Gasteiger partial charge in [-0.05, 0) is 13.8 Å². The predicted octanol–water partition coefficient (Wildman–Crippen LogP) is 3.27. The van der Waals surface area contributed by atoms with E-state index in [2.05, 4.69) is 15.3 Å². The summed E-state index contributed by atoms with van der Waals surface area (Å²) in [7, 11) is 0. The molecule has 0 bridgehead atoms. The highest BCUT2D eigenvalue weighted by atomic mass is 32.1. The van der Waals surface area contributed by atoms with Gasteiger partial charge in [-0.15, -0.1) is 0 Å². The number of halogens is 2. The molecule has 3 heterocycles. The van der Waals surface area contributed by atoms with Gasteiger partial charge in [0.05, 0.1) is 10.6 Å². The molecule has 0 fully saturated rings. The van der Waals surface area contributed by atoms with Crippen molar-refractivity contribution in [3.8, 4) is 10.7 Å². The maximum absolute atomic E-state index is 13.0. The molecule has 0 saturated carbocycles. The van der Waals surface area contributed by atoms with Crippen LogP contribution in [0.1, 0.15) is 24.4 Å². The first-order valence-corrected chi connectivity index (χ1v) is 9.30. The minimum Gasteiger partial charge on any atom is -0.303 e. The van der Waals surface area contributed by atoms with Crippen LogP contribution in [-0.2, 0) is 11.3 Å². The maximum Gasteiger partial charge on any atom is 0.320 e. The van der Waals surface area contributed by atoms with E-state index < -0.39 is 6.55 Å². The smallest absolute Gasteiger partial charge is 0.303 e. The van der Waals surface area contributed by atoms with Crippen molar-refractivity contribution in [2.45, 2.75) is 33.4 Å². The molecule has 1 amide bonds. The van der Waals surface area contributed by atoms with E-state index in [1.165, 1.54) is 17.0 Å². The third-order valence-corrected chi connectivity index (χ3v) is 5.61. The first-order valence-electron chi connectivity index (χ1n) is 7.60. The molecule has 1 N–H and O–H groups in total. The lowest BCUT2D eigenvalue weighted by Crippen LogP contribution is -2.20. The van der Waals surface area contributed by atoms with Crippen molar-refractivity contribution in [2.75, 3.05) is 5.32 Å². The van der Waals surface area contributed by atoms with E-state index in [4.69, 9.17) is 0 Å². The number of aromatic nitrogens is 4. The second-order valence-corrected chi connectivity index (χ2v) is 7.28. The molecule has 0 radical (unpaired) electrons. The topological polar surface area (TPSA) is 81.8 Å². The zero-order valence-electron chi connectivity index (χ0n) is 13.9. The SMILES string of the molecule is Cc1nc(NC(=O)CCn2c(C)csc2=O)sc1-c1nccn1C(F)F. The summed E-state index contributed by atoms with van der Waals surface area (Å²) in [6.07, 6.45) is 2.59. The molecule has 0 aliphatic carbocycles. The van der Waals surface area contributed by atoms with Crippen LogP contribution in [0.3, 0.4) is 0 Å². The Morgan fingerprint density at radius 1 is 1.38 bits per heavy atom. The summed E-state index contributed by atoms with van der Waals surface area (Å²) in [5.41, 5.74) is 1.31. The number of carbonyl (C=O) groups excluding carboxylic acids is 1. The van der Waals surface area contributed by atoms with Gasteiger partial charge in [-0.2, -0.15) is 8.78 Å². The van der Waals surface area contributed by atoms with Gasteiger partial charge in [-0.3, -0.25) is 14.2 Å². The van der Waals surface area contributed by atoms with E-state index in [0.717, 1.165) is 32.9 Å². The van der Waals surface area contributed by atoms with Crippen LogP contribution in [0.5, 0.6) is 0 Å². The Morgan fingerprint density at radius 3 is 2.81 bits per heavy atom. The zero-order chi connectivity index (χ0) is 18.8. The van der Waals surface area contributed by atoms with Crippen LogP contribution in [0.25, 0.3) is 10.7 Å². The summed E-state index contributed by atoms with van der Waals surface area (Å²) < 4.78 is 28.3. The summed E-state index contributed by atoms with van der Waals surface area (Å²) in [5.74, 6) is -0.198. The molecule has 7 nitrogen and oxygen atoms in total. The van der Waals surface area contributed by atoms with Crippen molar-refractivity contribution < 1.29 is 13.6 Å². The molecule has 0 saturated heterocycles. The van der Waals surface area contributed by atoms with Crippen LogP contribution in [0.4, 0.5) is 13.9 Å². The van der Waals surface area contributed by atoms with Crippen molar-refractivity contribution >= 4 is 33.7 Å². The van der Waals surface area contributed by atoms with Crippen LogP contribution in [0.2, 0.25) is 0 Å². The van der Waals surface area contributed by atoms with Crippen LogP contribution in [0.15, 0.2) is 22.6 Å². The Hall–Kier alpha value is -2.40. The number of rotatable bonds is 6. The lowest BCUT2D eigenvalue weighted by Gasteiger charge is -2.04. The Morgan fingerprint density at radius 2 is 2.15 bits per heavy atom. The fourth-order valence-corrected chi connectivity index (χ4v) is 4.12. The third kappa shape index (κ3) is 3.73. The lowest BCUT2D eigenvalue weighted by atomic mass is 10.4. The van der Waals surface area contributed by atoms with Crippen LogP contribution in [-0.4, -0.2) is 25.0 Å². The highest BCUT2D eigenvalue weighted by molar-refractivity contribution is 7.19. The summed E-state index contributed by atoms with van der Waals surface area (Å²) in [5, 5.41) is 4.69. The average Bonchev–Trinajstić information content (AvgIpc) is 3.26. The first-order chi connectivity index (χ1) is 12.4. The number of carbonyl (C=O) groups is 1. The number of hydrogen-bond acceptors (Lipinski definition) is 6. The van der Waals surface area contributed by atoms with Gasteiger partial charge in [0, 0.05) is 36.4 Å². The van der Waals surface area contributed by atoms with Gasteiger partial charge < -0.3 is 9.88 Å². The number of nitrogens with one attached hydrogen (secondary N) is 1. The summed E-state index contributed by atoms with van der Waals surface area (Å²) >= 11 is 2.17. The molecule has 26 heavy (non-hydrogen) atoms. The molecule has 0 atom stereocenters. The molecule has 3 aromatic rings. The van der Waals surface area contributed by atoms with Gasteiger partial charge in [-0.1, -0.05) is 22.7 Å². The first kappa shape index (κ1) is 18.4. The highest BCUT2D eigenvalue weighted by Gasteiger charge is 2.19. The molecule has 0 spiro atoms. The molecule has 3 rings (SSSR count). The number of aryl methyl sites for hydroxylation is 2. The van der Waals surface area contributed by atoms with Gasteiger partial charge in [-0.25, -0.2) is 9.97 Å². The number of anilines is 1. The minimum absolute atomic E-state index is 0.107. The molecule has 138 valence electrons. The molecule has 0 aliphatic rings. The molecule has 3 aromatic heterocycles. The second kappa shape index (κ2) is 7.46. The summed E-state index contributed by atoms with van der Waals surface area (Å²) in [6, 6.07) is 0. The number of thiazole rings is 2. The fraction of sp³-hybridized carbons (Fsp3) is 0.333. The molecule has 0 unspecified atom stereocenters. The van der Waals surface area contributed by atoms with Crippen LogP contribution in [0, 0.1) is 13.8 Å². The van der Waals surface area contributed by atoms with Crippen molar-refractivity contribution in [1.82, 2.24) is 19.1 Å². The van der Waals surface area contributed by atoms with Gasteiger partial charge in [0.2, 0.25) is 5.91 Å². The number of hydrogen-bond donors (Lipinski definition) is 1. The number of alkyl halides is 2. The van der Waals surface area contributed by atoms with Crippen molar-refractivity contribution in [1.29, 1.82) is 0 Å². The molecule has 11 heteroatoms. The summed E-state index contributed by atoms with van der Waals surface area (Å²) in [6.45, 7) is 1.03. The number of imidazole rings is 1. The van der Waals surface area contributed by atoms with E-state index in [-0.39, 0.29) is 29.6 Å². The van der Waals surface area contributed by atoms with E-state index in [9.17, 15) is 18.4 Å². The second-order valence-electron chi connectivity index (χ2n) is 5.46. The lowest BCUT2D eigenvalue weighted by molar-refractivity contribution is -0.116. The monoisotopic (exact) mass is 399 g/mol. The predicted molar refractivity (Wildman–Crippen MR) is 95.9 cm³/mol. The minimum atomic E-state index is -2.71. The Balaban J connectivity index is 1.70. The van der Waals surface area contributed by atoms with Crippen molar-refractivity contribution in [3.05, 3.63) is 38.8 Å². The Labute approximate surface area is 155 Å². The van der Waals surface area contributed by atoms with Gasteiger partial charge >= 0.3 is 11.4 Å². The van der Waals surface area contributed by atoms with Crippen molar-refractivity contribution in [2.24, 2.45) is 0 Å². The van der Waals surface area contributed by atoms with Gasteiger partial charge in [0.1, 0.15) is 0 Å². The zero-order valence-corrected chi connectivity index (χ0v) is 15.5. The van der Waals surface area contributed by atoms with E-state index >= 15 is 0 Å². The molecule has 0 aliphatic heterocycles. The number of amides is 1. The molecular weight excluding hydrogens is 384 g/mol. The average molecular weight is 399 g/mol.